The topological polar surface area (TPSA) is 117 Å². The average Bonchev–Trinajstić information content (AvgIpc) is 3.03. The Balaban J connectivity index is 1.84. The Morgan fingerprint density at radius 2 is 2.00 bits per heavy atom. The Kier molecular flexibility index (Phi) is 2.88. The molecule has 0 bridgehead atoms. The molecule has 20 heavy (non-hydrogen) atoms. The van der Waals surface area contributed by atoms with Crippen LogP contribution in [-0.4, -0.2) is 15.9 Å². The zero-order chi connectivity index (χ0) is 14.1. The van der Waals surface area contributed by atoms with E-state index >= 15 is 0 Å². The van der Waals surface area contributed by atoms with E-state index in [9.17, 15) is 9.59 Å². The minimum atomic E-state index is -0.373. The molecule has 0 aliphatic carbocycles. The molecule has 0 atom stereocenters. The predicted octanol–water partition coefficient (Wildman–Crippen LogP) is 1.16. The summed E-state index contributed by atoms with van der Waals surface area (Å²) in [6, 6.07) is 8.28. The maximum absolute atomic E-state index is 12.0. The van der Waals surface area contributed by atoms with Gasteiger partial charge >= 0.3 is 5.69 Å². The Morgan fingerprint density at radius 1 is 1.20 bits per heavy atom. The van der Waals surface area contributed by atoms with Crippen LogP contribution in [0, 0.1) is 0 Å². The zero-order valence-electron chi connectivity index (χ0n) is 10.4. The first-order valence-electron chi connectivity index (χ1n) is 5.98. The van der Waals surface area contributed by atoms with Gasteiger partial charge in [0.25, 0.3) is 5.91 Å². The fourth-order valence-electron chi connectivity index (χ4n) is 1.91. The third-order valence-corrected chi connectivity index (χ3v) is 2.86. The molecule has 2 aromatic heterocycles. The summed E-state index contributed by atoms with van der Waals surface area (Å²) in [4.78, 5) is 28.4. The van der Waals surface area contributed by atoms with Gasteiger partial charge in [0.05, 0.1) is 17.6 Å². The Bertz CT molecular complexity index is 827. The molecule has 7 nitrogen and oxygen atoms in total. The van der Waals surface area contributed by atoms with E-state index in [1.54, 1.807) is 30.3 Å². The molecular weight excluding hydrogens is 260 g/mol. The number of carbonyl (C=O) groups is 1. The molecule has 5 N–H and O–H groups in total. The van der Waals surface area contributed by atoms with Crippen LogP contribution >= 0.6 is 0 Å². The number of anilines is 1. The van der Waals surface area contributed by atoms with Gasteiger partial charge in [0, 0.05) is 5.69 Å². The normalized spacial score (nSPS) is 10.8. The maximum Gasteiger partial charge on any atom is 0.323 e. The van der Waals surface area contributed by atoms with Crippen LogP contribution in [0.4, 0.5) is 5.69 Å². The molecule has 0 unspecified atom stereocenters. The number of amides is 1. The Hall–Kier alpha value is -2.80. The lowest BCUT2D eigenvalue weighted by Crippen LogP contribution is -2.10. The first kappa shape index (κ1) is 12.2. The lowest BCUT2D eigenvalue weighted by Gasteiger charge is -2.02. The van der Waals surface area contributed by atoms with Crippen molar-refractivity contribution < 1.29 is 9.21 Å². The van der Waals surface area contributed by atoms with Gasteiger partial charge in [0.15, 0.2) is 5.76 Å². The van der Waals surface area contributed by atoms with Crippen molar-refractivity contribution in [1.82, 2.24) is 9.97 Å². The minimum Gasteiger partial charge on any atom is -0.455 e. The van der Waals surface area contributed by atoms with Gasteiger partial charge in [-0.2, -0.15) is 0 Å². The second kappa shape index (κ2) is 4.71. The molecule has 0 radical (unpaired) electrons. The highest BCUT2D eigenvalue weighted by molar-refractivity contribution is 6.03. The SMILES string of the molecule is NCc1ccc(C(=O)Nc2ccc3[nH]c(=O)[nH]c3c2)o1. The predicted molar refractivity (Wildman–Crippen MR) is 73.5 cm³/mol. The standard InChI is InChI=1S/C13H12N4O3/c14-6-8-2-4-11(20-8)12(18)15-7-1-3-9-10(5-7)17-13(19)16-9/h1-5H,6,14H2,(H,15,18)(H2,16,17,19). The van der Waals surface area contributed by atoms with Crippen LogP contribution in [0.3, 0.4) is 0 Å². The molecular formula is C13H12N4O3. The van der Waals surface area contributed by atoms with Crippen molar-refractivity contribution in [3.05, 3.63) is 52.3 Å². The number of rotatable bonds is 3. The molecule has 0 saturated carbocycles. The summed E-state index contributed by atoms with van der Waals surface area (Å²) in [5.74, 6) is 0.357. The second-order valence-corrected chi connectivity index (χ2v) is 4.26. The molecule has 0 spiro atoms. The number of hydrogen-bond acceptors (Lipinski definition) is 4. The van der Waals surface area contributed by atoms with E-state index in [0.29, 0.717) is 22.5 Å². The Morgan fingerprint density at radius 3 is 2.75 bits per heavy atom. The summed E-state index contributed by atoms with van der Waals surface area (Å²) in [7, 11) is 0. The van der Waals surface area contributed by atoms with Crippen molar-refractivity contribution in [3.8, 4) is 0 Å². The quantitative estimate of drug-likeness (QED) is 0.572. The van der Waals surface area contributed by atoms with Crippen LogP contribution in [0.5, 0.6) is 0 Å². The van der Waals surface area contributed by atoms with E-state index in [2.05, 4.69) is 15.3 Å². The zero-order valence-corrected chi connectivity index (χ0v) is 10.4. The number of aromatic amines is 2. The number of carbonyl (C=O) groups excluding carboxylic acids is 1. The maximum atomic E-state index is 12.0. The first-order valence-corrected chi connectivity index (χ1v) is 5.98. The van der Waals surface area contributed by atoms with Crippen LogP contribution in [0.1, 0.15) is 16.3 Å². The molecule has 0 saturated heterocycles. The second-order valence-electron chi connectivity index (χ2n) is 4.26. The number of imidazole rings is 1. The van der Waals surface area contributed by atoms with Gasteiger partial charge in [-0.3, -0.25) is 4.79 Å². The molecule has 102 valence electrons. The summed E-state index contributed by atoms with van der Waals surface area (Å²) in [6.07, 6.45) is 0. The molecule has 2 heterocycles. The van der Waals surface area contributed by atoms with Crippen LogP contribution in [0.25, 0.3) is 11.0 Å². The summed E-state index contributed by atoms with van der Waals surface area (Å²) in [6.45, 7) is 0.240. The number of benzene rings is 1. The van der Waals surface area contributed by atoms with Crippen molar-refractivity contribution in [1.29, 1.82) is 0 Å². The van der Waals surface area contributed by atoms with Crippen molar-refractivity contribution in [2.24, 2.45) is 5.73 Å². The fraction of sp³-hybridized carbons (Fsp3) is 0.0769. The highest BCUT2D eigenvalue weighted by Crippen LogP contribution is 2.16. The molecule has 0 aliphatic rings. The van der Waals surface area contributed by atoms with E-state index in [0.717, 1.165) is 0 Å². The van der Waals surface area contributed by atoms with Crippen molar-refractivity contribution in [2.45, 2.75) is 6.54 Å². The number of aromatic nitrogens is 2. The number of fused-ring (bicyclic) bond motifs is 1. The third-order valence-electron chi connectivity index (χ3n) is 2.86. The van der Waals surface area contributed by atoms with E-state index in [1.165, 1.54) is 0 Å². The van der Waals surface area contributed by atoms with E-state index < -0.39 is 0 Å². The van der Waals surface area contributed by atoms with Gasteiger partial charge in [-0.1, -0.05) is 0 Å². The fourth-order valence-corrected chi connectivity index (χ4v) is 1.91. The number of furan rings is 1. The van der Waals surface area contributed by atoms with Gasteiger partial charge in [-0.05, 0) is 30.3 Å². The summed E-state index contributed by atoms with van der Waals surface area (Å²) in [5.41, 5.74) is 6.98. The van der Waals surface area contributed by atoms with Crippen LogP contribution in [-0.2, 0) is 6.54 Å². The lowest BCUT2D eigenvalue weighted by atomic mass is 10.2. The average molecular weight is 272 g/mol. The van der Waals surface area contributed by atoms with E-state index in [4.69, 9.17) is 10.2 Å². The third kappa shape index (κ3) is 2.21. The molecule has 3 rings (SSSR count). The molecule has 0 aliphatic heterocycles. The Labute approximate surface area is 112 Å². The molecule has 0 fully saturated rings. The molecule has 3 aromatic rings. The first-order chi connectivity index (χ1) is 9.65. The van der Waals surface area contributed by atoms with Gasteiger partial charge < -0.3 is 25.4 Å². The number of nitrogens with two attached hydrogens (primary N) is 1. The van der Waals surface area contributed by atoms with Gasteiger partial charge in [-0.25, -0.2) is 4.79 Å². The lowest BCUT2D eigenvalue weighted by molar-refractivity contribution is 0.0995. The number of nitrogens with one attached hydrogen (secondary N) is 3. The highest BCUT2D eigenvalue weighted by atomic mass is 16.4. The van der Waals surface area contributed by atoms with Gasteiger partial charge in [0.1, 0.15) is 5.76 Å². The van der Waals surface area contributed by atoms with E-state index in [-0.39, 0.29) is 23.9 Å². The highest BCUT2D eigenvalue weighted by Gasteiger charge is 2.11. The van der Waals surface area contributed by atoms with Crippen LogP contribution in [0.15, 0.2) is 39.5 Å². The van der Waals surface area contributed by atoms with Gasteiger partial charge in [-0.15, -0.1) is 0 Å². The van der Waals surface area contributed by atoms with E-state index in [1.807, 2.05) is 0 Å². The van der Waals surface area contributed by atoms with Gasteiger partial charge in [0.2, 0.25) is 0 Å². The number of hydrogen-bond donors (Lipinski definition) is 4. The minimum absolute atomic E-state index is 0.188. The molecule has 1 aromatic carbocycles. The summed E-state index contributed by atoms with van der Waals surface area (Å²) < 4.78 is 5.26. The van der Waals surface area contributed by atoms with Crippen LogP contribution in [0.2, 0.25) is 0 Å². The monoisotopic (exact) mass is 272 g/mol. The summed E-state index contributed by atoms with van der Waals surface area (Å²) in [5, 5.41) is 2.69. The number of H-pyrrole nitrogens is 2. The largest absolute Gasteiger partial charge is 0.455 e. The summed E-state index contributed by atoms with van der Waals surface area (Å²) >= 11 is 0. The van der Waals surface area contributed by atoms with Crippen LogP contribution < -0.4 is 16.7 Å². The molecule has 1 amide bonds. The smallest absolute Gasteiger partial charge is 0.323 e. The molecule has 7 heteroatoms. The van der Waals surface area contributed by atoms with Crippen molar-refractivity contribution in [2.75, 3.05) is 5.32 Å². The van der Waals surface area contributed by atoms with Crippen molar-refractivity contribution >= 4 is 22.6 Å². The van der Waals surface area contributed by atoms with Crippen molar-refractivity contribution in [3.63, 3.8) is 0 Å².